The highest BCUT2D eigenvalue weighted by atomic mass is 35.5. The highest BCUT2D eigenvalue weighted by molar-refractivity contribution is 6.42. The van der Waals surface area contributed by atoms with Gasteiger partial charge in [-0.05, 0) is 69.0 Å². The van der Waals surface area contributed by atoms with Crippen molar-refractivity contribution in [3.63, 3.8) is 0 Å². The number of hydrogen-bond donors (Lipinski definition) is 1. The molecule has 0 saturated carbocycles. The molecule has 37 heavy (non-hydrogen) atoms. The van der Waals surface area contributed by atoms with E-state index in [9.17, 15) is 9.90 Å². The summed E-state index contributed by atoms with van der Waals surface area (Å²) >= 11 is 12.6. The topological polar surface area (TPSA) is 86.7 Å². The first-order chi connectivity index (χ1) is 17.4. The number of rotatable bonds is 12. The molecule has 1 amide bonds. The Kier molecular flexibility index (Phi) is 11.2. The number of halogens is 2. The Hall–Kier alpha value is -2.39. The predicted octanol–water partition coefficient (Wildman–Crippen LogP) is 6.07. The van der Waals surface area contributed by atoms with Gasteiger partial charge in [0.25, 0.3) is 0 Å². The van der Waals surface area contributed by atoms with Crippen molar-refractivity contribution in [3.8, 4) is 17.2 Å². The first kappa shape index (κ1) is 30.8. The third kappa shape index (κ3) is 7.80. The second-order valence-electron chi connectivity index (χ2n) is 9.55. The number of amides is 1. The Morgan fingerprint density at radius 3 is 2.08 bits per heavy atom. The van der Waals surface area contributed by atoms with Gasteiger partial charge in [0.15, 0.2) is 11.5 Å². The quantitative estimate of drug-likeness (QED) is 0.338. The van der Waals surface area contributed by atoms with Gasteiger partial charge in [-0.2, -0.15) is 0 Å². The maximum Gasteiger partial charge on any atom is 0.410 e. The lowest BCUT2D eigenvalue weighted by Gasteiger charge is -2.42. The molecule has 0 fully saturated rings. The maximum atomic E-state index is 13.2. The Balaban J connectivity index is 2.48. The van der Waals surface area contributed by atoms with Crippen molar-refractivity contribution in [1.82, 2.24) is 4.90 Å². The van der Waals surface area contributed by atoms with Gasteiger partial charge in [-0.25, -0.2) is 4.79 Å². The molecule has 0 heterocycles. The van der Waals surface area contributed by atoms with E-state index in [0.29, 0.717) is 45.7 Å². The standard InChI is InChI=1S/C27H37Cl2NO7/c1-26(2,3)37-25(32)30(4)27(11-8-12-31,19-9-10-20(28)21(29)15-19)17-36-16-18-13-22(33-5)24(35-7)23(14-18)34-6/h9-10,13-15,31H,8,11-12,16-17H2,1-7H3. The number of carbonyl (C=O) groups excluding carboxylic acids is 1. The Bertz CT molecular complexity index is 1030. The number of likely N-dealkylation sites (N-methyl/N-ethyl adjacent to an activating group) is 1. The fraction of sp³-hybridized carbons (Fsp3) is 0.519. The van der Waals surface area contributed by atoms with E-state index in [0.717, 1.165) is 5.56 Å². The molecule has 0 bridgehead atoms. The van der Waals surface area contributed by atoms with Crippen molar-refractivity contribution >= 4 is 29.3 Å². The lowest BCUT2D eigenvalue weighted by molar-refractivity contribution is -0.0360. The van der Waals surface area contributed by atoms with E-state index >= 15 is 0 Å². The SMILES string of the molecule is COc1cc(COCC(CCCO)(c2ccc(Cl)c(Cl)c2)N(C)C(=O)OC(C)(C)C)cc(OC)c1OC. The number of hydrogen-bond acceptors (Lipinski definition) is 7. The number of methoxy groups -OCH3 is 3. The van der Waals surface area contributed by atoms with Crippen molar-refractivity contribution in [2.24, 2.45) is 0 Å². The van der Waals surface area contributed by atoms with Crippen LogP contribution in [0.2, 0.25) is 10.0 Å². The molecule has 0 aliphatic rings. The van der Waals surface area contributed by atoms with Crippen LogP contribution in [0.15, 0.2) is 30.3 Å². The van der Waals surface area contributed by atoms with E-state index in [1.165, 1.54) is 12.0 Å². The molecule has 1 atom stereocenters. The van der Waals surface area contributed by atoms with Gasteiger partial charge in [-0.1, -0.05) is 29.3 Å². The molecule has 0 aliphatic heterocycles. The lowest BCUT2D eigenvalue weighted by atomic mass is 9.84. The van der Waals surface area contributed by atoms with E-state index in [1.807, 2.05) is 0 Å². The summed E-state index contributed by atoms with van der Waals surface area (Å²) in [4.78, 5) is 14.7. The summed E-state index contributed by atoms with van der Waals surface area (Å²) in [6.45, 7) is 5.59. The van der Waals surface area contributed by atoms with Gasteiger partial charge in [-0.15, -0.1) is 0 Å². The molecule has 1 unspecified atom stereocenters. The lowest BCUT2D eigenvalue weighted by Crippen LogP contribution is -2.52. The number of ether oxygens (including phenoxy) is 5. The molecule has 2 aromatic carbocycles. The second-order valence-corrected chi connectivity index (χ2v) is 10.4. The Labute approximate surface area is 229 Å². The third-order valence-corrected chi connectivity index (χ3v) is 6.59. The fourth-order valence-corrected chi connectivity index (χ4v) is 4.27. The average Bonchev–Trinajstić information content (AvgIpc) is 2.85. The normalized spacial score (nSPS) is 13.0. The van der Waals surface area contributed by atoms with Crippen LogP contribution in [0.3, 0.4) is 0 Å². The van der Waals surface area contributed by atoms with Crippen molar-refractivity contribution in [1.29, 1.82) is 0 Å². The van der Waals surface area contributed by atoms with E-state index in [4.69, 9.17) is 46.9 Å². The molecule has 2 aromatic rings. The van der Waals surface area contributed by atoms with Crippen LogP contribution in [0, 0.1) is 0 Å². The monoisotopic (exact) mass is 557 g/mol. The smallest absolute Gasteiger partial charge is 0.410 e. The number of aliphatic hydroxyl groups excluding tert-OH is 1. The summed E-state index contributed by atoms with van der Waals surface area (Å²) < 4.78 is 28.2. The van der Waals surface area contributed by atoms with Crippen LogP contribution in [0.5, 0.6) is 17.2 Å². The van der Waals surface area contributed by atoms with Crippen molar-refractivity contribution in [2.75, 3.05) is 41.6 Å². The molecule has 0 radical (unpaired) electrons. The molecule has 0 aromatic heterocycles. The van der Waals surface area contributed by atoms with Crippen molar-refractivity contribution in [2.45, 2.75) is 51.4 Å². The number of aliphatic hydroxyl groups is 1. The van der Waals surface area contributed by atoms with Gasteiger partial charge in [-0.3, -0.25) is 4.90 Å². The zero-order chi connectivity index (χ0) is 27.8. The Morgan fingerprint density at radius 2 is 1.59 bits per heavy atom. The molecular weight excluding hydrogens is 521 g/mol. The van der Waals surface area contributed by atoms with Crippen LogP contribution in [-0.2, 0) is 21.6 Å². The minimum atomic E-state index is -1.01. The van der Waals surface area contributed by atoms with Gasteiger partial charge in [0.2, 0.25) is 5.75 Å². The van der Waals surface area contributed by atoms with Gasteiger partial charge >= 0.3 is 6.09 Å². The summed E-state index contributed by atoms with van der Waals surface area (Å²) in [7, 11) is 6.27. The zero-order valence-corrected chi connectivity index (χ0v) is 24.0. The zero-order valence-electron chi connectivity index (χ0n) is 22.5. The van der Waals surface area contributed by atoms with Crippen LogP contribution in [0.1, 0.15) is 44.7 Å². The third-order valence-electron chi connectivity index (χ3n) is 5.85. The summed E-state index contributed by atoms with van der Waals surface area (Å²) in [5, 5.41) is 10.4. The first-order valence-corrected chi connectivity index (χ1v) is 12.6. The Morgan fingerprint density at radius 1 is 0.973 bits per heavy atom. The summed E-state index contributed by atoms with van der Waals surface area (Å²) in [5.41, 5.74) is -0.240. The molecule has 206 valence electrons. The van der Waals surface area contributed by atoms with Crippen molar-refractivity contribution < 1.29 is 33.6 Å². The number of benzene rings is 2. The number of nitrogens with zero attached hydrogens (tertiary/aromatic N) is 1. The van der Waals surface area contributed by atoms with E-state index in [1.54, 1.807) is 72.4 Å². The predicted molar refractivity (Wildman–Crippen MR) is 144 cm³/mol. The molecule has 1 N–H and O–H groups in total. The summed E-state index contributed by atoms with van der Waals surface area (Å²) in [6.07, 6.45) is 0.251. The highest BCUT2D eigenvalue weighted by Gasteiger charge is 2.41. The van der Waals surface area contributed by atoms with E-state index in [2.05, 4.69) is 0 Å². The minimum absolute atomic E-state index is 0.0713. The molecular formula is C27H37Cl2NO7. The average molecular weight is 558 g/mol. The largest absolute Gasteiger partial charge is 0.493 e. The molecule has 0 aliphatic carbocycles. The summed E-state index contributed by atoms with van der Waals surface area (Å²) in [5.74, 6) is 1.48. The van der Waals surface area contributed by atoms with Gasteiger partial charge in [0.05, 0.1) is 50.1 Å². The van der Waals surface area contributed by atoms with Crippen LogP contribution in [0.4, 0.5) is 4.79 Å². The van der Waals surface area contributed by atoms with Crippen LogP contribution < -0.4 is 14.2 Å². The van der Waals surface area contributed by atoms with Gasteiger partial charge in [0.1, 0.15) is 5.60 Å². The van der Waals surface area contributed by atoms with Crippen LogP contribution >= 0.6 is 23.2 Å². The molecule has 8 nitrogen and oxygen atoms in total. The van der Waals surface area contributed by atoms with E-state index < -0.39 is 17.2 Å². The first-order valence-electron chi connectivity index (χ1n) is 11.8. The molecule has 2 rings (SSSR count). The summed E-state index contributed by atoms with van der Waals surface area (Å²) in [6, 6.07) is 8.79. The second kappa shape index (κ2) is 13.4. The fourth-order valence-electron chi connectivity index (χ4n) is 3.98. The van der Waals surface area contributed by atoms with E-state index in [-0.39, 0.29) is 19.8 Å². The van der Waals surface area contributed by atoms with Crippen molar-refractivity contribution in [3.05, 3.63) is 51.5 Å². The molecule has 0 saturated heterocycles. The molecule has 0 spiro atoms. The highest BCUT2D eigenvalue weighted by Crippen LogP contribution is 2.40. The minimum Gasteiger partial charge on any atom is -0.493 e. The molecule has 10 heteroatoms. The van der Waals surface area contributed by atoms with Gasteiger partial charge < -0.3 is 28.8 Å². The van der Waals surface area contributed by atoms with Crippen LogP contribution in [0.25, 0.3) is 0 Å². The van der Waals surface area contributed by atoms with Gasteiger partial charge in [0, 0.05) is 13.7 Å². The number of carbonyl (C=O) groups is 1. The van der Waals surface area contributed by atoms with Crippen LogP contribution in [-0.4, -0.2) is 63.3 Å². The maximum absolute atomic E-state index is 13.2.